The Bertz CT molecular complexity index is 543. The van der Waals surface area contributed by atoms with Gasteiger partial charge in [-0.25, -0.2) is 9.97 Å². The summed E-state index contributed by atoms with van der Waals surface area (Å²) in [5.41, 5.74) is 0.943. The summed E-state index contributed by atoms with van der Waals surface area (Å²) in [6.07, 6.45) is 1.93. The van der Waals surface area contributed by atoms with Crippen molar-refractivity contribution in [3.8, 4) is 0 Å². The summed E-state index contributed by atoms with van der Waals surface area (Å²) in [6, 6.07) is 6.98. The molecule has 6 heteroatoms. The van der Waals surface area contributed by atoms with Crippen molar-refractivity contribution in [2.75, 3.05) is 5.32 Å². The number of aldehydes is 1. The van der Waals surface area contributed by atoms with Crippen LogP contribution in [0, 0.1) is 0 Å². The predicted molar refractivity (Wildman–Crippen MR) is 67.2 cm³/mol. The van der Waals surface area contributed by atoms with Gasteiger partial charge >= 0.3 is 0 Å². The highest BCUT2D eigenvalue weighted by atomic mass is 35.5. The minimum absolute atomic E-state index is 0.198. The van der Waals surface area contributed by atoms with Crippen molar-refractivity contribution in [1.29, 1.82) is 0 Å². The molecule has 2 aromatic rings. The van der Waals surface area contributed by atoms with Crippen molar-refractivity contribution in [3.63, 3.8) is 0 Å². The Morgan fingerprint density at radius 3 is 2.53 bits per heavy atom. The average molecular weight is 268 g/mol. The number of carbonyl (C=O) groups is 1. The SMILES string of the molecule is O=Cc1ncc(Cl)nc1Nc1ccc(Cl)cc1. The van der Waals surface area contributed by atoms with E-state index in [-0.39, 0.29) is 10.8 Å². The van der Waals surface area contributed by atoms with E-state index in [0.29, 0.717) is 17.1 Å². The van der Waals surface area contributed by atoms with Crippen LogP contribution in [0.25, 0.3) is 0 Å². The zero-order valence-corrected chi connectivity index (χ0v) is 10.0. The maximum atomic E-state index is 10.8. The van der Waals surface area contributed by atoms with Crippen molar-refractivity contribution in [1.82, 2.24) is 9.97 Å². The first-order valence-corrected chi connectivity index (χ1v) is 5.45. The topological polar surface area (TPSA) is 54.9 Å². The largest absolute Gasteiger partial charge is 0.338 e. The predicted octanol–water partition coefficient (Wildman–Crippen LogP) is 3.34. The second kappa shape index (κ2) is 5.12. The molecule has 1 aromatic heterocycles. The van der Waals surface area contributed by atoms with Crippen LogP contribution in [0.2, 0.25) is 10.2 Å². The molecule has 17 heavy (non-hydrogen) atoms. The van der Waals surface area contributed by atoms with E-state index < -0.39 is 0 Å². The van der Waals surface area contributed by atoms with E-state index in [1.165, 1.54) is 6.20 Å². The minimum atomic E-state index is 0.198. The van der Waals surface area contributed by atoms with Crippen LogP contribution >= 0.6 is 23.2 Å². The monoisotopic (exact) mass is 267 g/mol. The third-order valence-electron chi connectivity index (χ3n) is 1.99. The van der Waals surface area contributed by atoms with Gasteiger partial charge in [0.1, 0.15) is 10.8 Å². The van der Waals surface area contributed by atoms with Gasteiger partial charge in [0.05, 0.1) is 6.20 Å². The van der Waals surface area contributed by atoms with Crippen molar-refractivity contribution in [2.24, 2.45) is 0 Å². The number of carbonyl (C=O) groups excluding carboxylic acids is 1. The van der Waals surface area contributed by atoms with Crippen molar-refractivity contribution >= 4 is 41.0 Å². The van der Waals surface area contributed by atoms with E-state index in [1.807, 2.05) is 0 Å². The number of aromatic nitrogens is 2. The van der Waals surface area contributed by atoms with Crippen LogP contribution in [-0.2, 0) is 0 Å². The first-order chi connectivity index (χ1) is 8.19. The molecule has 0 fully saturated rings. The van der Waals surface area contributed by atoms with E-state index in [4.69, 9.17) is 23.2 Å². The molecule has 86 valence electrons. The van der Waals surface area contributed by atoms with E-state index in [0.717, 1.165) is 5.69 Å². The lowest BCUT2D eigenvalue weighted by molar-refractivity contribution is 0.111. The molecule has 0 radical (unpaired) electrons. The standard InChI is InChI=1S/C11H7Cl2N3O/c12-7-1-3-8(4-2-7)15-11-9(6-17)14-5-10(13)16-11/h1-6H,(H,15,16). The van der Waals surface area contributed by atoms with Crippen molar-refractivity contribution in [2.45, 2.75) is 0 Å². The van der Waals surface area contributed by atoms with Gasteiger partial charge in [-0.05, 0) is 24.3 Å². The number of nitrogens with one attached hydrogen (secondary N) is 1. The van der Waals surface area contributed by atoms with Crippen LogP contribution in [-0.4, -0.2) is 16.3 Å². The van der Waals surface area contributed by atoms with Crippen LogP contribution in [0.5, 0.6) is 0 Å². The lowest BCUT2D eigenvalue weighted by atomic mass is 10.3. The number of halogens is 2. The highest BCUT2D eigenvalue weighted by Gasteiger charge is 2.06. The van der Waals surface area contributed by atoms with Crippen LogP contribution in [0.15, 0.2) is 30.5 Å². The molecule has 0 atom stereocenters. The maximum Gasteiger partial charge on any atom is 0.172 e. The van der Waals surface area contributed by atoms with Crippen LogP contribution < -0.4 is 5.32 Å². The highest BCUT2D eigenvalue weighted by molar-refractivity contribution is 6.30. The Kier molecular flexibility index (Phi) is 3.56. The van der Waals surface area contributed by atoms with Gasteiger partial charge in [-0.1, -0.05) is 23.2 Å². The van der Waals surface area contributed by atoms with Gasteiger partial charge in [-0.2, -0.15) is 0 Å². The fourth-order valence-electron chi connectivity index (χ4n) is 1.23. The minimum Gasteiger partial charge on any atom is -0.338 e. The summed E-state index contributed by atoms with van der Waals surface area (Å²) < 4.78 is 0. The van der Waals surface area contributed by atoms with Gasteiger partial charge < -0.3 is 5.32 Å². The second-order valence-electron chi connectivity index (χ2n) is 3.18. The molecule has 1 heterocycles. The van der Waals surface area contributed by atoms with E-state index >= 15 is 0 Å². The van der Waals surface area contributed by atoms with Crippen molar-refractivity contribution in [3.05, 3.63) is 46.3 Å². The zero-order chi connectivity index (χ0) is 12.3. The van der Waals surface area contributed by atoms with Crippen LogP contribution in [0.1, 0.15) is 10.5 Å². The summed E-state index contributed by atoms with van der Waals surface area (Å²) in [4.78, 5) is 18.6. The van der Waals surface area contributed by atoms with Gasteiger partial charge in [-0.15, -0.1) is 0 Å². The summed E-state index contributed by atoms with van der Waals surface area (Å²) in [7, 11) is 0. The Balaban J connectivity index is 2.31. The van der Waals surface area contributed by atoms with Gasteiger partial charge in [0.25, 0.3) is 0 Å². The number of hydrogen-bond donors (Lipinski definition) is 1. The van der Waals surface area contributed by atoms with Gasteiger partial charge in [0.2, 0.25) is 0 Å². The normalized spacial score (nSPS) is 10.0. The van der Waals surface area contributed by atoms with Gasteiger partial charge in [0, 0.05) is 10.7 Å². The molecule has 4 nitrogen and oxygen atoms in total. The van der Waals surface area contributed by atoms with Gasteiger partial charge in [0.15, 0.2) is 12.1 Å². The van der Waals surface area contributed by atoms with Gasteiger partial charge in [-0.3, -0.25) is 4.79 Å². The molecule has 1 N–H and O–H groups in total. The molecule has 0 saturated carbocycles. The Morgan fingerprint density at radius 1 is 1.18 bits per heavy atom. The highest BCUT2D eigenvalue weighted by Crippen LogP contribution is 2.20. The molecule has 0 aliphatic rings. The summed E-state index contributed by atoms with van der Waals surface area (Å²) in [6.45, 7) is 0. The molecular weight excluding hydrogens is 261 g/mol. The van der Waals surface area contributed by atoms with Crippen LogP contribution in [0.3, 0.4) is 0 Å². The lowest BCUT2D eigenvalue weighted by Crippen LogP contribution is -2.01. The Labute approximate surface area is 108 Å². The number of hydrogen-bond acceptors (Lipinski definition) is 4. The molecule has 0 spiro atoms. The van der Waals surface area contributed by atoms with Crippen molar-refractivity contribution < 1.29 is 4.79 Å². The molecule has 0 saturated heterocycles. The number of rotatable bonds is 3. The molecule has 0 aliphatic heterocycles. The Morgan fingerprint density at radius 2 is 1.88 bits per heavy atom. The van der Waals surface area contributed by atoms with E-state index in [9.17, 15) is 4.79 Å². The molecular formula is C11H7Cl2N3O. The zero-order valence-electron chi connectivity index (χ0n) is 8.52. The summed E-state index contributed by atoms with van der Waals surface area (Å²) in [5, 5.41) is 3.79. The fraction of sp³-hybridized carbons (Fsp3) is 0. The molecule has 2 rings (SSSR count). The molecule has 0 amide bonds. The first-order valence-electron chi connectivity index (χ1n) is 4.69. The van der Waals surface area contributed by atoms with E-state index in [2.05, 4.69) is 15.3 Å². The molecule has 1 aromatic carbocycles. The number of anilines is 2. The molecule has 0 aliphatic carbocycles. The number of benzene rings is 1. The summed E-state index contributed by atoms with van der Waals surface area (Å²) in [5.74, 6) is 0.315. The number of nitrogens with zero attached hydrogens (tertiary/aromatic N) is 2. The molecule has 0 bridgehead atoms. The van der Waals surface area contributed by atoms with E-state index in [1.54, 1.807) is 24.3 Å². The lowest BCUT2D eigenvalue weighted by Gasteiger charge is -2.07. The quantitative estimate of drug-likeness (QED) is 0.867. The fourth-order valence-corrected chi connectivity index (χ4v) is 1.48. The maximum absolute atomic E-state index is 10.8. The average Bonchev–Trinajstić information content (AvgIpc) is 2.32. The van der Waals surface area contributed by atoms with Crippen LogP contribution in [0.4, 0.5) is 11.5 Å². The second-order valence-corrected chi connectivity index (χ2v) is 4.00. The smallest absolute Gasteiger partial charge is 0.172 e. The third kappa shape index (κ3) is 2.93. The Hall–Kier alpha value is -1.65. The molecule has 0 unspecified atom stereocenters. The summed E-state index contributed by atoms with van der Waals surface area (Å²) >= 11 is 11.5. The third-order valence-corrected chi connectivity index (χ3v) is 2.42. The first kappa shape index (κ1) is 11.8.